The molecule has 1 amide bonds. The van der Waals surface area contributed by atoms with Crippen LogP contribution in [0.4, 0.5) is 0 Å². The van der Waals surface area contributed by atoms with Crippen LogP contribution >= 0.6 is 0 Å². The maximum atomic E-state index is 13.2. The zero-order valence-corrected chi connectivity index (χ0v) is 19.2. The smallest absolute Gasteiger partial charge is 0.290 e. The number of benzene rings is 1. The van der Waals surface area contributed by atoms with E-state index in [1.165, 1.54) is 24.3 Å². The fraction of sp³-hybridized carbons (Fsp3) is 0.360. The molecular weight excluding hydrogens is 424 g/mol. The van der Waals surface area contributed by atoms with Gasteiger partial charge in [0.2, 0.25) is 5.78 Å². The van der Waals surface area contributed by atoms with Crippen molar-refractivity contribution in [1.29, 1.82) is 0 Å². The topological polar surface area (TPSA) is 92.5 Å². The minimum atomic E-state index is -0.798. The molecule has 2 heterocycles. The standard InChI is InChI=1S/C25H30N2O6/c1-5-14-32-18-11-10-17(16-20(18)31-4)22-21(23(28)19-9-8-15-33-19)24(29)25(30)27(22)13-12-26(6-2)7-3/h5,8-11,15-16,22,29H,1,6-7,12-14H2,2-4H3. The van der Waals surface area contributed by atoms with Crippen molar-refractivity contribution >= 4 is 11.7 Å². The molecule has 1 aliphatic heterocycles. The lowest BCUT2D eigenvalue weighted by Gasteiger charge is -2.29. The number of carbonyl (C=O) groups is 2. The summed E-state index contributed by atoms with van der Waals surface area (Å²) >= 11 is 0. The van der Waals surface area contributed by atoms with E-state index in [4.69, 9.17) is 13.9 Å². The molecule has 2 aromatic rings. The van der Waals surface area contributed by atoms with Gasteiger partial charge in [0.15, 0.2) is 23.0 Å². The van der Waals surface area contributed by atoms with Crippen molar-refractivity contribution in [3.63, 3.8) is 0 Å². The van der Waals surface area contributed by atoms with Crippen LogP contribution in [0, 0.1) is 0 Å². The van der Waals surface area contributed by atoms with Gasteiger partial charge in [0.25, 0.3) is 5.91 Å². The van der Waals surface area contributed by atoms with Crippen LogP contribution in [-0.2, 0) is 4.79 Å². The Labute approximate surface area is 193 Å². The SMILES string of the molecule is C=CCOc1ccc(C2C(C(=O)c3ccco3)=C(O)C(=O)N2CCN(CC)CC)cc1OC. The third kappa shape index (κ3) is 4.96. The molecule has 3 rings (SSSR count). The van der Waals surface area contributed by atoms with E-state index in [9.17, 15) is 14.7 Å². The highest BCUT2D eigenvalue weighted by atomic mass is 16.5. The van der Waals surface area contributed by atoms with Gasteiger partial charge in [-0.15, -0.1) is 0 Å². The van der Waals surface area contributed by atoms with Crippen LogP contribution in [0.2, 0.25) is 0 Å². The predicted molar refractivity (Wildman–Crippen MR) is 124 cm³/mol. The molecule has 0 bridgehead atoms. The van der Waals surface area contributed by atoms with Crippen molar-refractivity contribution in [2.24, 2.45) is 0 Å². The minimum Gasteiger partial charge on any atom is -0.503 e. The summed E-state index contributed by atoms with van der Waals surface area (Å²) in [5.41, 5.74) is 0.598. The summed E-state index contributed by atoms with van der Waals surface area (Å²) in [6.07, 6.45) is 3.00. The maximum absolute atomic E-state index is 13.2. The third-order valence-electron chi connectivity index (χ3n) is 5.70. The van der Waals surface area contributed by atoms with Crippen molar-refractivity contribution in [3.05, 3.63) is 71.9 Å². The van der Waals surface area contributed by atoms with Gasteiger partial charge in [-0.05, 0) is 42.9 Å². The van der Waals surface area contributed by atoms with Gasteiger partial charge in [-0.2, -0.15) is 0 Å². The van der Waals surface area contributed by atoms with Crippen LogP contribution in [-0.4, -0.2) is 66.5 Å². The first-order chi connectivity index (χ1) is 16.0. The van der Waals surface area contributed by atoms with Crippen LogP contribution < -0.4 is 9.47 Å². The molecule has 0 saturated heterocycles. The molecule has 0 spiro atoms. The Bertz CT molecular complexity index is 1020. The first kappa shape index (κ1) is 24.1. The number of likely N-dealkylation sites (N-methyl/N-ethyl adjacent to an activating group) is 1. The van der Waals surface area contributed by atoms with Gasteiger partial charge in [0, 0.05) is 13.1 Å². The van der Waals surface area contributed by atoms with E-state index in [-0.39, 0.29) is 11.3 Å². The molecule has 1 N–H and O–H groups in total. The molecule has 8 nitrogen and oxygen atoms in total. The zero-order chi connectivity index (χ0) is 24.0. The van der Waals surface area contributed by atoms with E-state index < -0.39 is 23.5 Å². The van der Waals surface area contributed by atoms with Gasteiger partial charge in [-0.3, -0.25) is 9.59 Å². The van der Waals surface area contributed by atoms with E-state index in [1.807, 2.05) is 13.8 Å². The Balaban J connectivity index is 2.04. The second kappa shape index (κ2) is 10.9. The lowest BCUT2D eigenvalue weighted by atomic mass is 9.94. The van der Waals surface area contributed by atoms with Crippen molar-refractivity contribution < 1.29 is 28.6 Å². The van der Waals surface area contributed by atoms with Crippen molar-refractivity contribution in [2.45, 2.75) is 19.9 Å². The summed E-state index contributed by atoms with van der Waals surface area (Å²) < 4.78 is 16.4. The number of aliphatic hydroxyl groups is 1. The fourth-order valence-corrected chi connectivity index (χ4v) is 3.91. The summed E-state index contributed by atoms with van der Waals surface area (Å²) in [6, 6.07) is 7.49. The van der Waals surface area contributed by atoms with Crippen LogP contribution in [0.5, 0.6) is 11.5 Å². The maximum Gasteiger partial charge on any atom is 0.290 e. The molecule has 1 unspecified atom stereocenters. The number of furan rings is 1. The molecule has 1 aliphatic rings. The number of ketones is 1. The Hall–Kier alpha value is -3.52. The molecular formula is C25H30N2O6. The highest BCUT2D eigenvalue weighted by Gasteiger charge is 2.44. The third-order valence-corrected chi connectivity index (χ3v) is 5.70. The second-order valence-corrected chi connectivity index (χ2v) is 7.51. The quantitative estimate of drug-likeness (QED) is 0.385. The number of hydrogen-bond acceptors (Lipinski definition) is 7. The Morgan fingerprint density at radius 3 is 2.64 bits per heavy atom. The second-order valence-electron chi connectivity index (χ2n) is 7.51. The van der Waals surface area contributed by atoms with Crippen molar-refractivity contribution in [2.75, 3.05) is 39.9 Å². The number of Topliss-reactive ketones (excluding diaryl/α,β-unsaturated/α-hetero) is 1. The lowest BCUT2D eigenvalue weighted by Crippen LogP contribution is -2.38. The molecule has 0 fully saturated rings. The molecule has 1 aromatic heterocycles. The molecule has 0 aliphatic carbocycles. The molecule has 33 heavy (non-hydrogen) atoms. The van der Waals surface area contributed by atoms with E-state index in [0.717, 1.165) is 13.1 Å². The highest BCUT2D eigenvalue weighted by Crippen LogP contribution is 2.41. The van der Waals surface area contributed by atoms with Crippen LogP contribution in [0.3, 0.4) is 0 Å². The first-order valence-corrected chi connectivity index (χ1v) is 10.9. The molecule has 0 radical (unpaired) electrons. The highest BCUT2D eigenvalue weighted by molar-refractivity contribution is 6.15. The summed E-state index contributed by atoms with van der Waals surface area (Å²) in [4.78, 5) is 30.0. The number of nitrogens with zero attached hydrogens (tertiary/aromatic N) is 2. The van der Waals surface area contributed by atoms with E-state index in [0.29, 0.717) is 36.8 Å². The van der Waals surface area contributed by atoms with Crippen molar-refractivity contribution in [3.8, 4) is 11.5 Å². The summed E-state index contributed by atoms with van der Waals surface area (Å²) in [7, 11) is 1.51. The van der Waals surface area contributed by atoms with Gasteiger partial charge in [-0.25, -0.2) is 0 Å². The predicted octanol–water partition coefficient (Wildman–Crippen LogP) is 3.77. The minimum absolute atomic E-state index is 0.0173. The van der Waals surface area contributed by atoms with Gasteiger partial charge in [0.1, 0.15) is 6.61 Å². The average molecular weight is 455 g/mol. The average Bonchev–Trinajstić information content (AvgIpc) is 3.46. The van der Waals surface area contributed by atoms with E-state index in [2.05, 4.69) is 11.5 Å². The summed E-state index contributed by atoms with van der Waals surface area (Å²) in [5.74, 6) is -0.682. The van der Waals surface area contributed by atoms with Crippen LogP contribution in [0.15, 0.2) is 65.0 Å². The number of carbonyl (C=O) groups excluding carboxylic acids is 2. The fourth-order valence-electron chi connectivity index (χ4n) is 3.91. The Kier molecular flexibility index (Phi) is 7.95. The summed E-state index contributed by atoms with van der Waals surface area (Å²) in [6.45, 7) is 10.6. The molecule has 1 atom stereocenters. The van der Waals surface area contributed by atoms with E-state index >= 15 is 0 Å². The lowest BCUT2D eigenvalue weighted by molar-refractivity contribution is -0.129. The summed E-state index contributed by atoms with van der Waals surface area (Å²) in [5, 5.41) is 10.8. The number of methoxy groups -OCH3 is 1. The van der Waals surface area contributed by atoms with Crippen molar-refractivity contribution in [1.82, 2.24) is 9.80 Å². The van der Waals surface area contributed by atoms with Crippen LogP contribution in [0.25, 0.3) is 0 Å². The monoisotopic (exact) mass is 454 g/mol. The Morgan fingerprint density at radius 1 is 1.27 bits per heavy atom. The molecule has 176 valence electrons. The Morgan fingerprint density at radius 2 is 2.03 bits per heavy atom. The number of amides is 1. The molecule has 0 saturated carbocycles. The molecule has 1 aromatic carbocycles. The van der Waals surface area contributed by atoms with Gasteiger partial charge < -0.3 is 28.8 Å². The first-order valence-electron chi connectivity index (χ1n) is 10.9. The largest absolute Gasteiger partial charge is 0.503 e. The van der Waals surface area contributed by atoms with Gasteiger partial charge in [-0.1, -0.05) is 32.6 Å². The number of ether oxygens (including phenoxy) is 2. The normalized spacial score (nSPS) is 15.9. The number of hydrogen-bond donors (Lipinski definition) is 1. The van der Waals surface area contributed by atoms with E-state index in [1.54, 1.807) is 30.3 Å². The number of aliphatic hydroxyl groups excluding tert-OH is 1. The zero-order valence-electron chi connectivity index (χ0n) is 19.2. The van der Waals surface area contributed by atoms with Gasteiger partial charge >= 0.3 is 0 Å². The number of rotatable bonds is 12. The molecule has 8 heteroatoms. The van der Waals surface area contributed by atoms with Crippen LogP contribution in [0.1, 0.15) is 36.0 Å². The van der Waals surface area contributed by atoms with Gasteiger partial charge in [0.05, 0.1) is 25.0 Å².